The fraction of sp³-hybridized carbons (Fsp3) is 0.333. The van der Waals surface area contributed by atoms with E-state index in [2.05, 4.69) is 5.32 Å². The smallest absolute Gasteiger partial charge is 0.227 e. The Balaban J connectivity index is 1.71. The highest BCUT2D eigenvalue weighted by Gasteiger charge is 2.36. The van der Waals surface area contributed by atoms with Crippen molar-refractivity contribution in [1.82, 2.24) is 5.32 Å². The van der Waals surface area contributed by atoms with Gasteiger partial charge in [-0.3, -0.25) is 9.59 Å². The van der Waals surface area contributed by atoms with Gasteiger partial charge in [0.15, 0.2) is 0 Å². The lowest BCUT2D eigenvalue weighted by Crippen LogP contribution is -2.34. The number of hydrogen-bond donors (Lipinski definition) is 1. The zero-order chi connectivity index (χ0) is 18.0. The van der Waals surface area contributed by atoms with Gasteiger partial charge >= 0.3 is 0 Å². The maximum atomic E-state index is 12.6. The lowest BCUT2D eigenvalue weighted by atomic mass is 10.0. The number of nitrogens with zero attached hydrogens (tertiary/aromatic N) is 1. The summed E-state index contributed by atoms with van der Waals surface area (Å²) in [6.45, 7) is 6.41. The number of carbonyl (C=O) groups excluding carboxylic acids is 2. The summed E-state index contributed by atoms with van der Waals surface area (Å²) < 4.78 is 0. The van der Waals surface area contributed by atoms with Crippen molar-refractivity contribution in [2.75, 3.05) is 11.4 Å². The summed E-state index contributed by atoms with van der Waals surface area (Å²) in [5, 5.41) is 3.04. The fourth-order valence-electron chi connectivity index (χ4n) is 3.49. The third-order valence-corrected chi connectivity index (χ3v) is 4.86. The molecule has 0 aromatic heterocycles. The molecule has 2 aromatic rings. The molecule has 1 aliphatic heterocycles. The molecule has 4 nitrogen and oxygen atoms in total. The van der Waals surface area contributed by atoms with Crippen LogP contribution in [0.1, 0.15) is 36.1 Å². The predicted molar refractivity (Wildman–Crippen MR) is 99.4 cm³/mol. The third-order valence-electron chi connectivity index (χ3n) is 4.86. The van der Waals surface area contributed by atoms with Crippen molar-refractivity contribution in [3.63, 3.8) is 0 Å². The molecular formula is C21H24N2O2. The maximum absolute atomic E-state index is 12.6. The van der Waals surface area contributed by atoms with Crippen LogP contribution in [-0.2, 0) is 9.59 Å². The van der Waals surface area contributed by atoms with Crippen molar-refractivity contribution in [2.24, 2.45) is 5.92 Å². The molecule has 1 saturated heterocycles. The zero-order valence-corrected chi connectivity index (χ0v) is 15.0. The van der Waals surface area contributed by atoms with Crippen LogP contribution in [0.5, 0.6) is 0 Å². The monoisotopic (exact) mass is 336 g/mol. The molecular weight excluding hydrogens is 312 g/mol. The Hall–Kier alpha value is -2.62. The van der Waals surface area contributed by atoms with Crippen LogP contribution in [0, 0.1) is 19.8 Å². The molecule has 0 bridgehead atoms. The van der Waals surface area contributed by atoms with Crippen LogP contribution in [0.15, 0.2) is 48.5 Å². The Labute approximate surface area is 148 Å². The minimum absolute atomic E-state index is 0.0184. The van der Waals surface area contributed by atoms with E-state index in [1.165, 1.54) is 0 Å². The van der Waals surface area contributed by atoms with E-state index >= 15 is 0 Å². The highest BCUT2D eigenvalue weighted by atomic mass is 16.2. The number of hydrogen-bond acceptors (Lipinski definition) is 2. The summed E-state index contributed by atoms with van der Waals surface area (Å²) in [6, 6.07) is 15.8. The van der Waals surface area contributed by atoms with Crippen LogP contribution in [0.4, 0.5) is 5.69 Å². The highest BCUT2D eigenvalue weighted by Crippen LogP contribution is 2.31. The summed E-state index contributed by atoms with van der Waals surface area (Å²) in [5.74, 6) is -0.346. The average molecular weight is 336 g/mol. The lowest BCUT2D eigenvalue weighted by Gasteiger charge is -2.22. The summed E-state index contributed by atoms with van der Waals surface area (Å²) in [6.07, 6.45) is 0.265. The number of nitrogens with one attached hydrogen (secondary N) is 1. The molecule has 0 aliphatic carbocycles. The topological polar surface area (TPSA) is 49.4 Å². The van der Waals surface area contributed by atoms with E-state index in [-0.39, 0.29) is 30.2 Å². The largest absolute Gasteiger partial charge is 0.349 e. The van der Waals surface area contributed by atoms with Crippen LogP contribution >= 0.6 is 0 Å². The molecule has 4 heteroatoms. The highest BCUT2D eigenvalue weighted by molar-refractivity contribution is 6.01. The normalized spacial score (nSPS) is 18.3. The summed E-state index contributed by atoms with van der Waals surface area (Å²) in [4.78, 5) is 26.9. The van der Waals surface area contributed by atoms with Gasteiger partial charge in [-0.25, -0.2) is 0 Å². The third kappa shape index (κ3) is 3.58. The van der Waals surface area contributed by atoms with Gasteiger partial charge in [0.05, 0.1) is 12.0 Å². The average Bonchev–Trinajstić information content (AvgIpc) is 2.97. The first kappa shape index (κ1) is 17.2. The van der Waals surface area contributed by atoms with Crippen molar-refractivity contribution >= 4 is 17.5 Å². The number of carbonyl (C=O) groups is 2. The van der Waals surface area contributed by atoms with Gasteiger partial charge in [0.2, 0.25) is 11.8 Å². The Morgan fingerprint density at radius 2 is 1.72 bits per heavy atom. The molecule has 130 valence electrons. The number of anilines is 1. The molecule has 1 heterocycles. The predicted octanol–water partition coefficient (Wildman–Crippen LogP) is 3.53. The Morgan fingerprint density at radius 3 is 2.36 bits per heavy atom. The second kappa shape index (κ2) is 7.09. The van der Waals surface area contributed by atoms with E-state index in [4.69, 9.17) is 0 Å². The molecule has 0 saturated carbocycles. The van der Waals surface area contributed by atoms with Gasteiger partial charge < -0.3 is 10.2 Å². The molecule has 0 unspecified atom stereocenters. The van der Waals surface area contributed by atoms with E-state index < -0.39 is 0 Å². The fourth-order valence-corrected chi connectivity index (χ4v) is 3.49. The molecule has 1 fully saturated rings. The standard InChI is InChI=1S/C21H24N2O2/c1-14-8-7-9-15(2)20(14)23-13-18(12-19(23)24)21(25)22-16(3)17-10-5-4-6-11-17/h4-11,16,18H,12-13H2,1-3H3,(H,22,25)/t16-,18+/m0/s1. The summed E-state index contributed by atoms with van der Waals surface area (Å²) in [7, 11) is 0. The van der Waals surface area contributed by atoms with Crippen molar-refractivity contribution in [1.29, 1.82) is 0 Å². The number of rotatable bonds is 4. The van der Waals surface area contributed by atoms with E-state index in [9.17, 15) is 9.59 Å². The molecule has 1 aliphatic rings. The zero-order valence-electron chi connectivity index (χ0n) is 15.0. The minimum atomic E-state index is -0.308. The second-order valence-corrected chi connectivity index (χ2v) is 6.79. The van der Waals surface area contributed by atoms with Crippen LogP contribution in [-0.4, -0.2) is 18.4 Å². The first-order valence-electron chi connectivity index (χ1n) is 8.69. The number of para-hydroxylation sites is 1. The van der Waals surface area contributed by atoms with Crippen LogP contribution < -0.4 is 10.2 Å². The molecule has 0 spiro atoms. The van der Waals surface area contributed by atoms with E-state index in [1.54, 1.807) is 4.90 Å². The SMILES string of the molecule is Cc1cccc(C)c1N1C[C@H](C(=O)N[C@@H](C)c2ccccc2)CC1=O. The van der Waals surface area contributed by atoms with Crippen molar-refractivity contribution < 1.29 is 9.59 Å². The Morgan fingerprint density at radius 1 is 1.08 bits per heavy atom. The van der Waals surface area contributed by atoms with Gasteiger partial charge in [-0.15, -0.1) is 0 Å². The van der Waals surface area contributed by atoms with Gasteiger partial charge in [-0.1, -0.05) is 48.5 Å². The molecule has 2 amide bonds. The lowest BCUT2D eigenvalue weighted by molar-refractivity contribution is -0.126. The Bertz CT molecular complexity index is 765. The van der Waals surface area contributed by atoms with Gasteiger partial charge in [0.25, 0.3) is 0 Å². The van der Waals surface area contributed by atoms with Crippen LogP contribution in [0.25, 0.3) is 0 Å². The van der Waals surface area contributed by atoms with Gasteiger partial charge in [0, 0.05) is 18.7 Å². The first-order valence-corrected chi connectivity index (χ1v) is 8.69. The maximum Gasteiger partial charge on any atom is 0.227 e. The van der Waals surface area contributed by atoms with E-state index in [0.29, 0.717) is 6.54 Å². The van der Waals surface area contributed by atoms with Gasteiger partial charge in [-0.2, -0.15) is 0 Å². The Kier molecular flexibility index (Phi) is 4.88. The number of amides is 2. The summed E-state index contributed by atoms with van der Waals surface area (Å²) >= 11 is 0. The first-order chi connectivity index (χ1) is 12.0. The second-order valence-electron chi connectivity index (χ2n) is 6.79. The molecule has 0 radical (unpaired) electrons. The molecule has 25 heavy (non-hydrogen) atoms. The van der Waals surface area contributed by atoms with E-state index in [0.717, 1.165) is 22.4 Å². The molecule has 1 N–H and O–H groups in total. The molecule has 2 aromatic carbocycles. The van der Waals surface area contributed by atoms with Crippen molar-refractivity contribution in [3.8, 4) is 0 Å². The van der Waals surface area contributed by atoms with Crippen LogP contribution in [0.3, 0.4) is 0 Å². The number of benzene rings is 2. The van der Waals surface area contributed by atoms with Gasteiger partial charge in [-0.05, 0) is 37.5 Å². The molecule has 3 rings (SSSR count). The van der Waals surface area contributed by atoms with Crippen LogP contribution in [0.2, 0.25) is 0 Å². The van der Waals surface area contributed by atoms with Gasteiger partial charge in [0.1, 0.15) is 0 Å². The van der Waals surface area contributed by atoms with Crippen molar-refractivity contribution in [3.05, 3.63) is 65.2 Å². The number of aryl methyl sites for hydroxylation is 2. The van der Waals surface area contributed by atoms with E-state index in [1.807, 2.05) is 69.3 Å². The summed E-state index contributed by atoms with van der Waals surface area (Å²) in [5.41, 5.74) is 4.13. The minimum Gasteiger partial charge on any atom is -0.349 e. The van der Waals surface area contributed by atoms with Crippen molar-refractivity contribution in [2.45, 2.75) is 33.2 Å². The molecule has 2 atom stereocenters. The quantitative estimate of drug-likeness (QED) is 0.928.